The number of carbonyl (C=O) groups is 3. The summed E-state index contributed by atoms with van der Waals surface area (Å²) < 4.78 is 11.7. The van der Waals surface area contributed by atoms with Crippen molar-refractivity contribution in [1.29, 1.82) is 0 Å². The van der Waals surface area contributed by atoms with Crippen LogP contribution in [0.25, 0.3) is 0 Å². The Kier molecular flexibility index (Phi) is 6.08. The van der Waals surface area contributed by atoms with Gasteiger partial charge in [-0.2, -0.15) is 0 Å². The van der Waals surface area contributed by atoms with Crippen LogP contribution in [-0.2, 0) is 23.9 Å². The normalized spacial score (nSPS) is 41.5. The Bertz CT molecular complexity index is 785. The summed E-state index contributed by atoms with van der Waals surface area (Å²) in [5.74, 6) is 1.87. The van der Waals surface area contributed by atoms with Crippen LogP contribution in [0.4, 0.5) is 0 Å². The quantitative estimate of drug-likeness (QED) is 0.573. The summed E-state index contributed by atoms with van der Waals surface area (Å²) in [6.45, 7) is 8.76. The minimum absolute atomic E-state index is 0.0110. The molecule has 0 saturated heterocycles. The van der Waals surface area contributed by atoms with Gasteiger partial charge in [0.2, 0.25) is 0 Å². The van der Waals surface area contributed by atoms with Gasteiger partial charge in [-0.15, -0.1) is 0 Å². The Labute approximate surface area is 186 Å². The number of carbonyl (C=O) groups excluding carboxylic acids is 3. The molecule has 0 radical (unpaired) electrons. The van der Waals surface area contributed by atoms with Crippen LogP contribution in [0.5, 0.6) is 0 Å². The van der Waals surface area contributed by atoms with Crippen molar-refractivity contribution in [2.75, 3.05) is 6.61 Å². The van der Waals surface area contributed by atoms with Gasteiger partial charge in [0.15, 0.2) is 5.78 Å². The van der Waals surface area contributed by atoms with E-state index in [9.17, 15) is 14.4 Å². The molecule has 0 aromatic heterocycles. The third-order valence-electron chi connectivity index (χ3n) is 9.29. The highest BCUT2D eigenvalue weighted by atomic mass is 16.5. The standard InChI is InChI=1S/C26H38O5/c1-5-22(28)30-15-26-12-9-18(27)14-17(26)13-16(3)24-19-7-8-21(31-23(29)6-2)25(19,4)11-10-20(24)26/h14,16,19-21,24H,5-13,15H2,1-4H3/t16-,19+,20+,21+,24+,25+,26-/m1/s1. The van der Waals surface area contributed by atoms with Gasteiger partial charge in [0, 0.05) is 30.1 Å². The number of fused-ring (bicyclic) bond motifs is 5. The molecule has 0 amide bonds. The average molecular weight is 431 g/mol. The molecule has 0 spiro atoms. The third kappa shape index (κ3) is 3.66. The third-order valence-corrected chi connectivity index (χ3v) is 9.29. The fourth-order valence-corrected chi connectivity index (χ4v) is 7.69. The second kappa shape index (κ2) is 8.37. The van der Waals surface area contributed by atoms with Gasteiger partial charge in [0.05, 0.1) is 0 Å². The first-order valence-electron chi connectivity index (χ1n) is 12.3. The molecule has 4 aliphatic carbocycles. The minimum atomic E-state index is -0.199. The van der Waals surface area contributed by atoms with Crippen LogP contribution in [0.3, 0.4) is 0 Å². The molecule has 0 aromatic carbocycles. The molecule has 7 atom stereocenters. The van der Waals surface area contributed by atoms with E-state index in [0.29, 0.717) is 49.5 Å². The van der Waals surface area contributed by atoms with Crippen molar-refractivity contribution in [3.63, 3.8) is 0 Å². The minimum Gasteiger partial charge on any atom is -0.465 e. The first-order chi connectivity index (χ1) is 14.7. The Balaban J connectivity index is 1.66. The van der Waals surface area contributed by atoms with E-state index in [1.54, 1.807) is 0 Å². The van der Waals surface area contributed by atoms with E-state index in [1.165, 1.54) is 5.57 Å². The largest absolute Gasteiger partial charge is 0.465 e. The van der Waals surface area contributed by atoms with E-state index in [4.69, 9.17) is 9.47 Å². The number of rotatable bonds is 5. The smallest absolute Gasteiger partial charge is 0.305 e. The van der Waals surface area contributed by atoms with Gasteiger partial charge in [-0.1, -0.05) is 33.3 Å². The van der Waals surface area contributed by atoms with Crippen molar-refractivity contribution in [2.24, 2.45) is 34.5 Å². The van der Waals surface area contributed by atoms with E-state index in [1.807, 2.05) is 19.9 Å². The molecule has 0 aromatic rings. The Morgan fingerprint density at radius 3 is 2.52 bits per heavy atom. The highest BCUT2D eigenvalue weighted by Crippen LogP contribution is 2.67. The molecule has 172 valence electrons. The monoisotopic (exact) mass is 430 g/mol. The van der Waals surface area contributed by atoms with Crippen molar-refractivity contribution in [2.45, 2.75) is 91.6 Å². The molecule has 5 nitrogen and oxygen atoms in total. The molecule has 5 heteroatoms. The molecule has 3 fully saturated rings. The molecule has 0 bridgehead atoms. The predicted octanol–water partition coefficient (Wildman–Crippen LogP) is 5.02. The lowest BCUT2D eigenvalue weighted by atomic mass is 9.45. The van der Waals surface area contributed by atoms with Crippen molar-refractivity contribution in [3.05, 3.63) is 11.6 Å². The molecular weight excluding hydrogens is 392 g/mol. The van der Waals surface area contributed by atoms with Gasteiger partial charge in [0.1, 0.15) is 12.7 Å². The predicted molar refractivity (Wildman–Crippen MR) is 117 cm³/mol. The van der Waals surface area contributed by atoms with Crippen LogP contribution in [-0.4, -0.2) is 30.4 Å². The van der Waals surface area contributed by atoms with E-state index in [0.717, 1.165) is 38.5 Å². The Morgan fingerprint density at radius 2 is 1.81 bits per heavy atom. The first kappa shape index (κ1) is 22.5. The van der Waals surface area contributed by atoms with Crippen LogP contribution < -0.4 is 0 Å². The highest BCUT2D eigenvalue weighted by Gasteiger charge is 2.62. The lowest BCUT2D eigenvalue weighted by Crippen LogP contribution is -2.56. The summed E-state index contributed by atoms with van der Waals surface area (Å²) in [6.07, 6.45) is 9.04. The summed E-state index contributed by atoms with van der Waals surface area (Å²) >= 11 is 0. The van der Waals surface area contributed by atoms with Gasteiger partial charge < -0.3 is 9.47 Å². The summed E-state index contributed by atoms with van der Waals surface area (Å²) in [5.41, 5.74) is 1.04. The molecule has 0 aliphatic heterocycles. The first-order valence-corrected chi connectivity index (χ1v) is 12.3. The van der Waals surface area contributed by atoms with Gasteiger partial charge in [-0.3, -0.25) is 14.4 Å². The maximum absolute atomic E-state index is 12.3. The van der Waals surface area contributed by atoms with Gasteiger partial charge >= 0.3 is 11.9 Å². The van der Waals surface area contributed by atoms with Crippen LogP contribution >= 0.6 is 0 Å². The van der Waals surface area contributed by atoms with E-state index >= 15 is 0 Å². The molecular formula is C26H38O5. The summed E-state index contributed by atoms with van der Waals surface area (Å²) in [4.78, 5) is 36.4. The maximum atomic E-state index is 12.3. The SMILES string of the molecule is CCC(=O)OC[C@]12CCC(=O)C=C1C[C@@H](C)[C@@H]1[C@@H]2CC[C@]2(C)[C@@H](OC(=O)CC)CC[C@@H]12. The molecule has 0 heterocycles. The van der Waals surface area contributed by atoms with Gasteiger partial charge in [-0.25, -0.2) is 0 Å². The van der Waals surface area contributed by atoms with Crippen molar-refractivity contribution >= 4 is 17.7 Å². The lowest BCUT2D eigenvalue weighted by Gasteiger charge is -2.60. The Hall–Kier alpha value is -1.65. The van der Waals surface area contributed by atoms with Crippen LogP contribution in [0.15, 0.2) is 11.6 Å². The summed E-state index contributed by atoms with van der Waals surface area (Å²) in [6, 6.07) is 0. The van der Waals surface area contributed by atoms with Crippen molar-refractivity contribution in [3.8, 4) is 0 Å². The molecule has 0 unspecified atom stereocenters. The number of ether oxygens (including phenoxy) is 2. The summed E-state index contributed by atoms with van der Waals surface area (Å²) in [5, 5.41) is 0. The summed E-state index contributed by atoms with van der Waals surface area (Å²) in [7, 11) is 0. The maximum Gasteiger partial charge on any atom is 0.305 e. The molecule has 4 rings (SSSR count). The van der Waals surface area contributed by atoms with Gasteiger partial charge in [0.25, 0.3) is 0 Å². The topological polar surface area (TPSA) is 69.7 Å². The van der Waals surface area contributed by atoms with Crippen LogP contribution in [0.1, 0.15) is 85.5 Å². The number of hydrogen-bond donors (Lipinski definition) is 0. The van der Waals surface area contributed by atoms with Crippen molar-refractivity contribution in [1.82, 2.24) is 0 Å². The zero-order chi connectivity index (χ0) is 22.4. The molecule has 3 saturated carbocycles. The van der Waals surface area contributed by atoms with Crippen LogP contribution in [0.2, 0.25) is 0 Å². The number of ketones is 1. The van der Waals surface area contributed by atoms with Crippen molar-refractivity contribution < 1.29 is 23.9 Å². The molecule has 31 heavy (non-hydrogen) atoms. The molecule has 4 aliphatic rings. The lowest BCUT2D eigenvalue weighted by molar-refractivity contribution is -0.164. The fourth-order valence-electron chi connectivity index (χ4n) is 7.69. The fraction of sp³-hybridized carbons (Fsp3) is 0.808. The Morgan fingerprint density at radius 1 is 1.06 bits per heavy atom. The highest BCUT2D eigenvalue weighted by molar-refractivity contribution is 5.91. The number of esters is 2. The zero-order valence-electron chi connectivity index (χ0n) is 19.6. The second-order valence-electron chi connectivity index (χ2n) is 10.7. The average Bonchev–Trinajstić information content (AvgIpc) is 3.08. The second-order valence-corrected chi connectivity index (χ2v) is 10.7. The molecule has 0 N–H and O–H groups in total. The van der Waals surface area contributed by atoms with Crippen LogP contribution in [0, 0.1) is 34.5 Å². The van der Waals surface area contributed by atoms with Gasteiger partial charge in [-0.05, 0) is 68.3 Å². The zero-order valence-corrected chi connectivity index (χ0v) is 19.6. The van der Waals surface area contributed by atoms with E-state index in [-0.39, 0.29) is 34.7 Å². The van der Waals surface area contributed by atoms with E-state index in [2.05, 4.69) is 13.8 Å². The van der Waals surface area contributed by atoms with E-state index < -0.39 is 0 Å². The number of hydrogen-bond acceptors (Lipinski definition) is 5.